The maximum absolute atomic E-state index is 12.2. The molecule has 2 N–H and O–H groups in total. The van der Waals surface area contributed by atoms with Crippen molar-refractivity contribution in [2.45, 2.75) is 40.0 Å². The molecule has 2 bridgehead atoms. The normalized spacial score (nSPS) is 27.5. The highest BCUT2D eigenvalue weighted by Crippen LogP contribution is 2.63. The first-order chi connectivity index (χ1) is 12.3. The summed E-state index contributed by atoms with van der Waals surface area (Å²) in [6.45, 7) is 7.42. The Morgan fingerprint density at radius 3 is 2.54 bits per heavy atom. The van der Waals surface area contributed by atoms with Gasteiger partial charge in [0.2, 0.25) is 0 Å². The summed E-state index contributed by atoms with van der Waals surface area (Å²) >= 11 is 0. The highest BCUT2D eigenvalue weighted by atomic mass is 16.6. The van der Waals surface area contributed by atoms with E-state index in [1.165, 1.54) is 18.6 Å². The zero-order valence-electron chi connectivity index (χ0n) is 15.5. The quantitative estimate of drug-likeness (QED) is 0.603. The Morgan fingerprint density at radius 1 is 1.27 bits per heavy atom. The van der Waals surface area contributed by atoms with Gasteiger partial charge < -0.3 is 15.3 Å². The third-order valence-electron chi connectivity index (χ3n) is 6.57. The monoisotopic (exact) mass is 358 g/mol. The molecule has 6 heteroatoms. The Labute approximate surface area is 153 Å². The van der Waals surface area contributed by atoms with E-state index >= 15 is 0 Å². The van der Waals surface area contributed by atoms with Gasteiger partial charge in [0.1, 0.15) is 6.61 Å². The molecule has 140 valence electrons. The second-order valence-corrected chi connectivity index (χ2v) is 7.97. The number of oxime groups is 1. The first-order valence-corrected chi connectivity index (χ1v) is 9.07. The van der Waals surface area contributed by atoms with Crippen molar-refractivity contribution in [2.75, 3.05) is 13.2 Å². The number of carboxylic acids is 1. The number of carboxylic acid groups (broad SMARTS) is 1. The number of fused-ring (bicyclic) bond motifs is 2. The first kappa shape index (κ1) is 18.4. The van der Waals surface area contributed by atoms with Gasteiger partial charge in [0.25, 0.3) is 5.91 Å². The van der Waals surface area contributed by atoms with Crippen LogP contribution in [0.5, 0.6) is 0 Å². The molecule has 0 unspecified atom stereocenters. The molecule has 1 aromatic carbocycles. The number of amides is 1. The maximum Gasteiger partial charge on any atom is 0.336 e. The lowest BCUT2D eigenvalue weighted by Crippen LogP contribution is -2.33. The molecule has 0 aromatic heterocycles. The summed E-state index contributed by atoms with van der Waals surface area (Å²) in [6, 6.07) is 6.15. The average molecular weight is 358 g/mol. The summed E-state index contributed by atoms with van der Waals surface area (Å²) in [5, 5.41) is 16.2. The number of nitrogens with zero attached hydrogens (tertiary/aromatic N) is 1. The SMILES string of the molecule is CC1(C)[C@H]2CC[C@@]1(C)/C(=N/OCCNC(=O)c1ccccc1C(=O)O)C2. The number of aromatic carboxylic acids is 1. The molecule has 0 heterocycles. The van der Waals surface area contributed by atoms with E-state index in [1.807, 2.05) is 0 Å². The second kappa shape index (κ2) is 6.74. The van der Waals surface area contributed by atoms with E-state index in [9.17, 15) is 9.59 Å². The van der Waals surface area contributed by atoms with E-state index in [0.717, 1.165) is 18.6 Å². The number of carbonyl (C=O) groups excluding carboxylic acids is 1. The van der Waals surface area contributed by atoms with Crippen LogP contribution in [0, 0.1) is 16.7 Å². The van der Waals surface area contributed by atoms with E-state index < -0.39 is 11.9 Å². The first-order valence-electron chi connectivity index (χ1n) is 9.07. The lowest BCUT2D eigenvalue weighted by molar-refractivity contribution is 0.0690. The van der Waals surface area contributed by atoms with Crippen molar-refractivity contribution >= 4 is 17.6 Å². The summed E-state index contributed by atoms with van der Waals surface area (Å²) in [7, 11) is 0. The molecule has 1 aromatic rings. The molecule has 2 aliphatic rings. The van der Waals surface area contributed by atoms with Crippen LogP contribution in [0.2, 0.25) is 0 Å². The minimum absolute atomic E-state index is 0.0108. The predicted octanol–water partition coefficient (Wildman–Crippen LogP) is 3.33. The third kappa shape index (κ3) is 2.97. The van der Waals surface area contributed by atoms with Crippen LogP contribution in [0.25, 0.3) is 0 Å². The molecular formula is C20H26N2O4. The van der Waals surface area contributed by atoms with Crippen molar-refractivity contribution in [3.8, 4) is 0 Å². The zero-order valence-corrected chi connectivity index (χ0v) is 15.5. The molecule has 0 saturated heterocycles. The van der Waals surface area contributed by atoms with Crippen molar-refractivity contribution < 1.29 is 19.5 Å². The third-order valence-corrected chi connectivity index (χ3v) is 6.57. The minimum atomic E-state index is -1.12. The van der Waals surface area contributed by atoms with E-state index in [0.29, 0.717) is 5.92 Å². The number of carbonyl (C=O) groups is 2. The van der Waals surface area contributed by atoms with E-state index in [2.05, 4.69) is 31.2 Å². The minimum Gasteiger partial charge on any atom is -0.478 e. The summed E-state index contributed by atoms with van der Waals surface area (Å²) in [6.07, 6.45) is 3.39. The van der Waals surface area contributed by atoms with Crippen LogP contribution in [-0.2, 0) is 4.84 Å². The van der Waals surface area contributed by atoms with Crippen LogP contribution in [0.4, 0.5) is 0 Å². The maximum atomic E-state index is 12.2. The van der Waals surface area contributed by atoms with Gasteiger partial charge in [0, 0.05) is 5.41 Å². The molecular weight excluding hydrogens is 332 g/mol. The topological polar surface area (TPSA) is 88.0 Å². The van der Waals surface area contributed by atoms with Crippen LogP contribution < -0.4 is 5.32 Å². The van der Waals surface area contributed by atoms with Crippen LogP contribution >= 0.6 is 0 Å². The van der Waals surface area contributed by atoms with Crippen molar-refractivity contribution in [3.63, 3.8) is 0 Å². The van der Waals surface area contributed by atoms with Gasteiger partial charge in [-0.3, -0.25) is 4.79 Å². The van der Waals surface area contributed by atoms with E-state index in [1.54, 1.807) is 12.1 Å². The molecule has 2 aliphatic carbocycles. The Hall–Kier alpha value is -2.37. The van der Waals surface area contributed by atoms with Crippen molar-refractivity contribution in [2.24, 2.45) is 21.9 Å². The fraction of sp³-hybridized carbons (Fsp3) is 0.550. The van der Waals surface area contributed by atoms with Crippen LogP contribution in [0.3, 0.4) is 0 Å². The lowest BCUT2D eigenvalue weighted by Gasteiger charge is -2.34. The van der Waals surface area contributed by atoms with Gasteiger partial charge in [0.05, 0.1) is 23.4 Å². The highest BCUT2D eigenvalue weighted by Gasteiger charge is 2.60. The van der Waals surface area contributed by atoms with Gasteiger partial charge in [-0.05, 0) is 42.7 Å². The van der Waals surface area contributed by atoms with Crippen molar-refractivity contribution in [1.29, 1.82) is 0 Å². The molecule has 2 atom stereocenters. The Morgan fingerprint density at radius 2 is 1.96 bits per heavy atom. The largest absolute Gasteiger partial charge is 0.478 e. The molecule has 2 fully saturated rings. The molecule has 3 rings (SSSR count). The standard InChI is InChI=1S/C20H26N2O4/c1-19(2)13-8-9-20(19,3)16(12-13)22-26-11-10-21-17(23)14-6-4-5-7-15(14)18(24)25/h4-7,13H,8-12H2,1-3H3,(H,21,23)(H,24,25)/b22-16+/t13-,20-/m0/s1. The van der Waals surface area contributed by atoms with Crippen LogP contribution in [0.15, 0.2) is 29.4 Å². The fourth-order valence-corrected chi connectivity index (χ4v) is 4.36. The van der Waals surface area contributed by atoms with Crippen molar-refractivity contribution in [3.05, 3.63) is 35.4 Å². The van der Waals surface area contributed by atoms with Gasteiger partial charge >= 0.3 is 5.97 Å². The molecule has 2 saturated carbocycles. The molecule has 26 heavy (non-hydrogen) atoms. The van der Waals surface area contributed by atoms with Gasteiger partial charge in [-0.15, -0.1) is 0 Å². The number of benzene rings is 1. The van der Waals surface area contributed by atoms with Gasteiger partial charge in [-0.1, -0.05) is 38.1 Å². The molecule has 0 radical (unpaired) electrons. The zero-order chi connectivity index (χ0) is 18.9. The Balaban J connectivity index is 1.51. The molecule has 0 aliphatic heterocycles. The number of nitrogens with one attached hydrogen (secondary N) is 1. The van der Waals surface area contributed by atoms with Crippen LogP contribution in [-0.4, -0.2) is 35.8 Å². The smallest absolute Gasteiger partial charge is 0.336 e. The summed E-state index contributed by atoms with van der Waals surface area (Å²) in [5.41, 5.74) is 1.61. The van der Waals surface area contributed by atoms with Crippen molar-refractivity contribution in [1.82, 2.24) is 5.32 Å². The molecule has 6 nitrogen and oxygen atoms in total. The highest BCUT2D eigenvalue weighted by molar-refractivity contribution is 6.04. The second-order valence-electron chi connectivity index (χ2n) is 7.97. The Kier molecular flexibility index (Phi) is 4.78. The van der Waals surface area contributed by atoms with Gasteiger partial charge in [0.15, 0.2) is 0 Å². The fourth-order valence-electron chi connectivity index (χ4n) is 4.36. The Bertz CT molecular complexity index is 756. The predicted molar refractivity (Wildman–Crippen MR) is 98.4 cm³/mol. The summed E-state index contributed by atoms with van der Waals surface area (Å²) < 4.78 is 0. The number of rotatable bonds is 6. The summed E-state index contributed by atoms with van der Waals surface area (Å²) in [5.74, 6) is -0.875. The average Bonchev–Trinajstić information content (AvgIpc) is 2.94. The lowest BCUT2D eigenvalue weighted by atomic mass is 9.70. The van der Waals surface area contributed by atoms with Gasteiger partial charge in [-0.2, -0.15) is 0 Å². The van der Waals surface area contributed by atoms with E-state index in [4.69, 9.17) is 9.94 Å². The molecule has 0 spiro atoms. The number of hydrogen-bond donors (Lipinski definition) is 2. The van der Waals surface area contributed by atoms with Gasteiger partial charge in [-0.25, -0.2) is 4.79 Å². The van der Waals surface area contributed by atoms with Crippen LogP contribution in [0.1, 0.15) is 60.7 Å². The summed E-state index contributed by atoms with van der Waals surface area (Å²) in [4.78, 5) is 28.8. The van der Waals surface area contributed by atoms with E-state index in [-0.39, 0.29) is 35.1 Å². The molecule has 1 amide bonds. The number of hydrogen-bond acceptors (Lipinski definition) is 4.